The van der Waals surface area contributed by atoms with E-state index >= 15 is 0 Å². The molecular formula is C21H23N3O3. The van der Waals surface area contributed by atoms with E-state index in [-0.39, 0.29) is 11.3 Å². The van der Waals surface area contributed by atoms with Crippen LogP contribution in [-0.2, 0) is 15.7 Å². The molecule has 1 aliphatic rings. The second-order valence-corrected chi connectivity index (χ2v) is 7.89. The minimum absolute atomic E-state index is 0.0520. The number of benzene rings is 2. The monoisotopic (exact) mass is 365 g/mol. The van der Waals surface area contributed by atoms with Gasteiger partial charge in [-0.25, -0.2) is 4.79 Å². The summed E-state index contributed by atoms with van der Waals surface area (Å²) < 4.78 is 0. The van der Waals surface area contributed by atoms with Gasteiger partial charge in [0.1, 0.15) is 5.54 Å². The van der Waals surface area contributed by atoms with Gasteiger partial charge in [0, 0.05) is 11.3 Å². The van der Waals surface area contributed by atoms with E-state index in [9.17, 15) is 14.4 Å². The third-order valence-corrected chi connectivity index (χ3v) is 4.78. The van der Waals surface area contributed by atoms with Gasteiger partial charge in [-0.1, -0.05) is 45.0 Å². The Morgan fingerprint density at radius 3 is 2.04 bits per heavy atom. The van der Waals surface area contributed by atoms with Crippen molar-refractivity contribution in [3.05, 3.63) is 65.2 Å². The minimum atomic E-state index is -1.13. The number of nitrogens with one attached hydrogen (secondary N) is 3. The van der Waals surface area contributed by atoms with E-state index in [0.29, 0.717) is 16.8 Å². The molecule has 1 atom stereocenters. The first-order chi connectivity index (χ1) is 12.6. The number of hydrogen-bond acceptors (Lipinski definition) is 3. The zero-order valence-corrected chi connectivity index (χ0v) is 15.8. The van der Waals surface area contributed by atoms with Crippen LogP contribution in [0.15, 0.2) is 48.5 Å². The first-order valence-electron chi connectivity index (χ1n) is 8.76. The maximum Gasteiger partial charge on any atom is 0.322 e. The molecule has 0 aromatic heterocycles. The lowest BCUT2D eigenvalue weighted by atomic mass is 9.87. The predicted molar refractivity (Wildman–Crippen MR) is 104 cm³/mol. The summed E-state index contributed by atoms with van der Waals surface area (Å²) in [5.41, 5.74) is 1.90. The first kappa shape index (κ1) is 18.6. The van der Waals surface area contributed by atoms with E-state index < -0.39 is 17.5 Å². The average molecular weight is 365 g/mol. The predicted octanol–water partition coefficient (Wildman–Crippen LogP) is 3.29. The molecule has 1 saturated heterocycles. The molecule has 0 radical (unpaired) electrons. The summed E-state index contributed by atoms with van der Waals surface area (Å²) in [6, 6.07) is 13.9. The van der Waals surface area contributed by atoms with Crippen LogP contribution in [0.2, 0.25) is 0 Å². The lowest BCUT2D eigenvalue weighted by molar-refractivity contribution is -0.123. The van der Waals surface area contributed by atoms with Crippen molar-refractivity contribution in [3.8, 4) is 0 Å². The van der Waals surface area contributed by atoms with Gasteiger partial charge >= 0.3 is 6.03 Å². The van der Waals surface area contributed by atoms with Crippen molar-refractivity contribution in [1.29, 1.82) is 0 Å². The van der Waals surface area contributed by atoms with Crippen LogP contribution in [0.1, 0.15) is 49.2 Å². The fraction of sp³-hybridized carbons (Fsp3) is 0.286. The topological polar surface area (TPSA) is 87.3 Å². The first-order valence-corrected chi connectivity index (χ1v) is 8.76. The fourth-order valence-corrected chi connectivity index (χ4v) is 2.96. The van der Waals surface area contributed by atoms with Crippen LogP contribution < -0.4 is 16.0 Å². The SMILES string of the molecule is CC(C)(C)c1ccc(NC(=O)c2ccc(C3(C)NC(=O)NC3=O)cc2)cc1. The lowest BCUT2D eigenvalue weighted by Gasteiger charge is -2.21. The molecule has 1 fully saturated rings. The molecule has 6 nitrogen and oxygen atoms in total. The van der Waals surface area contributed by atoms with Crippen LogP contribution in [-0.4, -0.2) is 17.8 Å². The van der Waals surface area contributed by atoms with Gasteiger partial charge in [0.2, 0.25) is 0 Å². The zero-order chi connectivity index (χ0) is 19.8. The van der Waals surface area contributed by atoms with Crippen molar-refractivity contribution in [2.45, 2.75) is 38.6 Å². The minimum Gasteiger partial charge on any atom is -0.322 e. The van der Waals surface area contributed by atoms with Gasteiger partial charge in [0.05, 0.1) is 0 Å². The van der Waals surface area contributed by atoms with Gasteiger partial charge < -0.3 is 10.6 Å². The van der Waals surface area contributed by atoms with Crippen molar-refractivity contribution in [2.24, 2.45) is 0 Å². The smallest absolute Gasteiger partial charge is 0.322 e. The van der Waals surface area contributed by atoms with Crippen molar-refractivity contribution in [3.63, 3.8) is 0 Å². The van der Waals surface area contributed by atoms with E-state index in [1.807, 2.05) is 24.3 Å². The van der Waals surface area contributed by atoms with Gasteiger partial charge in [-0.05, 0) is 47.7 Å². The molecule has 1 unspecified atom stereocenters. The van der Waals surface area contributed by atoms with Crippen molar-refractivity contribution in [2.75, 3.05) is 5.32 Å². The summed E-state index contributed by atoms with van der Waals surface area (Å²) in [7, 11) is 0. The summed E-state index contributed by atoms with van der Waals surface area (Å²) in [4.78, 5) is 35.9. The number of rotatable bonds is 3. The molecule has 1 heterocycles. The van der Waals surface area contributed by atoms with Gasteiger partial charge in [-0.3, -0.25) is 14.9 Å². The quantitative estimate of drug-likeness (QED) is 0.730. The van der Waals surface area contributed by atoms with E-state index in [1.54, 1.807) is 31.2 Å². The third kappa shape index (κ3) is 3.69. The van der Waals surface area contributed by atoms with E-state index in [2.05, 4.69) is 36.7 Å². The van der Waals surface area contributed by atoms with Crippen LogP contribution >= 0.6 is 0 Å². The van der Waals surface area contributed by atoms with E-state index in [4.69, 9.17) is 0 Å². The maximum atomic E-state index is 12.5. The van der Waals surface area contributed by atoms with Gasteiger partial charge in [-0.2, -0.15) is 0 Å². The Kier molecular flexibility index (Phi) is 4.51. The summed E-state index contributed by atoms with van der Waals surface area (Å²) in [6.45, 7) is 8.03. The molecule has 6 heteroatoms. The normalized spacial score (nSPS) is 19.4. The number of hydrogen-bond donors (Lipinski definition) is 3. The number of urea groups is 1. The highest BCUT2D eigenvalue weighted by Gasteiger charge is 2.43. The van der Waals surface area contributed by atoms with Crippen LogP contribution in [0.4, 0.5) is 10.5 Å². The molecule has 1 aliphatic heterocycles. The standard InChI is InChI=1S/C21H23N3O3/c1-20(2,3)14-9-11-16(12-10-14)22-17(25)13-5-7-15(8-6-13)21(4)18(26)23-19(27)24-21/h5-12H,1-4H3,(H,22,25)(H2,23,24,26,27). The highest BCUT2D eigenvalue weighted by molar-refractivity contribution is 6.07. The molecule has 2 aromatic rings. The third-order valence-electron chi connectivity index (χ3n) is 4.78. The molecule has 140 valence electrons. The van der Waals surface area contributed by atoms with Gasteiger partial charge in [0.25, 0.3) is 11.8 Å². The van der Waals surface area contributed by atoms with Crippen LogP contribution in [0.25, 0.3) is 0 Å². The molecule has 3 N–H and O–H groups in total. The summed E-state index contributed by atoms with van der Waals surface area (Å²) in [5, 5.41) is 7.69. The molecule has 3 rings (SSSR count). The highest BCUT2D eigenvalue weighted by atomic mass is 16.2. The second kappa shape index (κ2) is 6.54. The van der Waals surface area contributed by atoms with Crippen molar-refractivity contribution < 1.29 is 14.4 Å². The van der Waals surface area contributed by atoms with Crippen molar-refractivity contribution >= 4 is 23.5 Å². The molecule has 0 bridgehead atoms. The Morgan fingerprint density at radius 1 is 0.963 bits per heavy atom. The summed E-state index contributed by atoms with van der Waals surface area (Å²) in [5.74, 6) is -0.654. The Bertz CT molecular complexity index is 896. The van der Waals surface area contributed by atoms with E-state index in [0.717, 1.165) is 0 Å². The zero-order valence-electron chi connectivity index (χ0n) is 15.8. The molecule has 2 aromatic carbocycles. The van der Waals surface area contributed by atoms with Crippen molar-refractivity contribution in [1.82, 2.24) is 10.6 Å². The fourth-order valence-electron chi connectivity index (χ4n) is 2.96. The Hall–Kier alpha value is -3.15. The number of amides is 4. The molecule has 0 aliphatic carbocycles. The van der Waals surface area contributed by atoms with Crippen LogP contribution in [0, 0.1) is 0 Å². The van der Waals surface area contributed by atoms with Gasteiger partial charge in [0.15, 0.2) is 0 Å². The van der Waals surface area contributed by atoms with Gasteiger partial charge in [-0.15, -0.1) is 0 Å². The number of carbonyl (C=O) groups is 3. The average Bonchev–Trinajstić information content (AvgIpc) is 2.87. The number of anilines is 1. The lowest BCUT2D eigenvalue weighted by Crippen LogP contribution is -2.40. The molecule has 4 amide bonds. The summed E-state index contributed by atoms with van der Waals surface area (Å²) in [6.07, 6.45) is 0. The Balaban J connectivity index is 1.73. The Labute approximate surface area is 158 Å². The second-order valence-electron chi connectivity index (χ2n) is 7.89. The van der Waals surface area contributed by atoms with E-state index in [1.165, 1.54) is 5.56 Å². The molecular weight excluding hydrogens is 342 g/mol. The van der Waals surface area contributed by atoms with Crippen LogP contribution in [0.5, 0.6) is 0 Å². The largest absolute Gasteiger partial charge is 0.322 e. The Morgan fingerprint density at radius 2 is 1.56 bits per heavy atom. The highest BCUT2D eigenvalue weighted by Crippen LogP contribution is 2.26. The van der Waals surface area contributed by atoms with Crippen LogP contribution in [0.3, 0.4) is 0 Å². The molecule has 27 heavy (non-hydrogen) atoms. The molecule has 0 spiro atoms. The number of imide groups is 1. The molecule has 0 saturated carbocycles. The maximum absolute atomic E-state index is 12.5. The summed E-state index contributed by atoms with van der Waals surface area (Å²) >= 11 is 0. The number of carbonyl (C=O) groups excluding carboxylic acids is 3.